The molecular weight excluding hydrogens is 192 g/mol. The van der Waals surface area contributed by atoms with E-state index in [2.05, 4.69) is 4.52 Å². The van der Waals surface area contributed by atoms with Gasteiger partial charge in [-0.15, -0.1) is 0 Å². The summed E-state index contributed by atoms with van der Waals surface area (Å²) in [5.74, 6) is 0.330. The number of hydrogen-bond acceptors (Lipinski definition) is 2. The van der Waals surface area contributed by atoms with E-state index >= 15 is 0 Å². The van der Waals surface area contributed by atoms with Crippen LogP contribution >= 0.6 is 8.25 Å². The van der Waals surface area contributed by atoms with E-state index in [1.807, 2.05) is 13.8 Å². The van der Waals surface area contributed by atoms with Crippen molar-refractivity contribution in [2.24, 2.45) is 5.92 Å². The molecule has 0 spiro atoms. The third kappa shape index (κ3) is 12.1. The maximum atomic E-state index is 9.87. The van der Waals surface area contributed by atoms with Crippen LogP contribution in [0.1, 0.15) is 13.8 Å². The van der Waals surface area contributed by atoms with Crippen molar-refractivity contribution in [3.8, 4) is 0 Å². The average Bonchev–Trinajstić information content (AvgIpc) is 1.61. The Morgan fingerprint density at radius 2 is 2.11 bits per heavy atom. The monoisotopic (exact) mass is 202 g/mol. The standard InChI is InChI=1S/C4H11O3P.Zn/c1-4(2)3-7-8(5)6;/h4,8H,3H2,1-2H3,(H,5,6);. The second-order valence-electron chi connectivity index (χ2n) is 1.97. The minimum atomic E-state index is -2.68. The van der Waals surface area contributed by atoms with Crippen LogP contribution in [0.3, 0.4) is 0 Å². The second kappa shape index (κ2) is 6.89. The first-order chi connectivity index (χ1) is 3.63. The maximum absolute atomic E-state index is 9.87. The number of hydrogen-bond donors (Lipinski definition) is 1. The summed E-state index contributed by atoms with van der Waals surface area (Å²) >= 11 is 0. The normalized spacial score (nSPS) is 12.9. The summed E-state index contributed by atoms with van der Waals surface area (Å²) in [6, 6.07) is 0. The Balaban J connectivity index is 0. The second-order valence-corrected chi connectivity index (χ2v) is 2.79. The van der Waals surface area contributed by atoms with Gasteiger partial charge in [0.05, 0.1) is 6.61 Å². The van der Waals surface area contributed by atoms with E-state index in [9.17, 15) is 4.57 Å². The summed E-state index contributed by atoms with van der Waals surface area (Å²) in [5.41, 5.74) is 0. The number of rotatable bonds is 3. The third-order valence-electron chi connectivity index (χ3n) is 0.540. The van der Waals surface area contributed by atoms with Gasteiger partial charge in [-0.1, -0.05) is 13.8 Å². The van der Waals surface area contributed by atoms with Gasteiger partial charge < -0.3 is 9.42 Å². The first kappa shape index (κ1) is 12.4. The molecule has 52 valence electrons. The van der Waals surface area contributed by atoms with Crippen molar-refractivity contribution in [2.45, 2.75) is 13.8 Å². The Bertz CT molecular complexity index is 85.9. The van der Waals surface area contributed by atoms with Gasteiger partial charge in [0.2, 0.25) is 0 Å². The molecule has 0 saturated heterocycles. The molecular formula is C4H11O3PZn. The Labute approximate surface area is 68.5 Å². The average molecular weight is 203 g/mol. The molecule has 5 heteroatoms. The summed E-state index contributed by atoms with van der Waals surface area (Å²) < 4.78 is 14.3. The van der Waals surface area contributed by atoms with Crippen LogP contribution in [0.2, 0.25) is 0 Å². The summed E-state index contributed by atoms with van der Waals surface area (Å²) in [4.78, 5) is 8.13. The van der Waals surface area contributed by atoms with E-state index in [4.69, 9.17) is 4.89 Å². The quantitative estimate of drug-likeness (QED) is 0.551. The van der Waals surface area contributed by atoms with Crippen LogP contribution in [0.4, 0.5) is 0 Å². The summed E-state index contributed by atoms with van der Waals surface area (Å²) in [6.45, 7) is 4.21. The third-order valence-corrected chi connectivity index (χ3v) is 0.954. The molecule has 0 heterocycles. The van der Waals surface area contributed by atoms with Gasteiger partial charge in [0, 0.05) is 19.5 Å². The van der Waals surface area contributed by atoms with Gasteiger partial charge >= 0.3 is 8.25 Å². The van der Waals surface area contributed by atoms with Crippen LogP contribution < -0.4 is 0 Å². The fourth-order valence-corrected chi connectivity index (χ4v) is 0.714. The van der Waals surface area contributed by atoms with Gasteiger partial charge in [-0.2, -0.15) is 0 Å². The van der Waals surface area contributed by atoms with Crippen molar-refractivity contribution in [1.82, 2.24) is 0 Å². The van der Waals surface area contributed by atoms with Crippen molar-refractivity contribution < 1.29 is 33.5 Å². The van der Waals surface area contributed by atoms with E-state index in [0.717, 1.165) is 0 Å². The summed E-state index contributed by atoms with van der Waals surface area (Å²) in [6.07, 6.45) is 0. The minimum absolute atomic E-state index is 0. The molecule has 1 N–H and O–H groups in total. The van der Waals surface area contributed by atoms with Gasteiger partial charge in [0.15, 0.2) is 0 Å². The molecule has 0 fully saturated rings. The van der Waals surface area contributed by atoms with E-state index in [1.165, 1.54) is 0 Å². The first-order valence-electron chi connectivity index (χ1n) is 2.48. The SMILES string of the molecule is CC(C)CO[PH](=O)O.[Zn]. The topological polar surface area (TPSA) is 46.5 Å². The van der Waals surface area contributed by atoms with Gasteiger partial charge in [0.25, 0.3) is 0 Å². The molecule has 0 amide bonds. The molecule has 0 rings (SSSR count). The van der Waals surface area contributed by atoms with Crippen molar-refractivity contribution in [1.29, 1.82) is 0 Å². The van der Waals surface area contributed by atoms with Crippen molar-refractivity contribution >= 4 is 8.25 Å². The van der Waals surface area contributed by atoms with Crippen LogP contribution in [0.5, 0.6) is 0 Å². The van der Waals surface area contributed by atoms with Gasteiger partial charge in [-0.05, 0) is 5.92 Å². The van der Waals surface area contributed by atoms with E-state index in [-0.39, 0.29) is 19.5 Å². The molecule has 0 aliphatic carbocycles. The van der Waals surface area contributed by atoms with E-state index < -0.39 is 8.25 Å². The van der Waals surface area contributed by atoms with Crippen molar-refractivity contribution in [3.63, 3.8) is 0 Å². The fraction of sp³-hybridized carbons (Fsp3) is 1.00. The molecule has 1 unspecified atom stereocenters. The summed E-state index contributed by atoms with van der Waals surface area (Å²) in [5, 5.41) is 0. The molecule has 3 nitrogen and oxygen atoms in total. The van der Waals surface area contributed by atoms with Gasteiger partial charge in [-0.3, -0.25) is 4.57 Å². The largest absolute Gasteiger partial charge is 0.326 e. The van der Waals surface area contributed by atoms with Crippen molar-refractivity contribution in [3.05, 3.63) is 0 Å². The van der Waals surface area contributed by atoms with Crippen LogP contribution in [0.15, 0.2) is 0 Å². The Hall–Kier alpha value is 0.773. The molecule has 0 aliphatic rings. The van der Waals surface area contributed by atoms with Gasteiger partial charge in [-0.25, -0.2) is 0 Å². The van der Waals surface area contributed by atoms with Crippen LogP contribution in [-0.2, 0) is 28.6 Å². The minimum Gasteiger partial charge on any atom is -0.326 e. The predicted molar refractivity (Wildman–Crippen MR) is 32.0 cm³/mol. The fourth-order valence-electron chi connectivity index (χ4n) is 0.238. The van der Waals surface area contributed by atoms with E-state index in [1.54, 1.807) is 0 Å². The first-order valence-corrected chi connectivity index (χ1v) is 3.75. The molecule has 0 aromatic carbocycles. The van der Waals surface area contributed by atoms with E-state index in [0.29, 0.717) is 12.5 Å². The summed E-state index contributed by atoms with van der Waals surface area (Å²) in [7, 11) is -2.68. The van der Waals surface area contributed by atoms with Crippen LogP contribution in [0.25, 0.3) is 0 Å². The maximum Gasteiger partial charge on any atom is 0.316 e. The van der Waals surface area contributed by atoms with Crippen LogP contribution in [-0.4, -0.2) is 11.5 Å². The molecule has 0 aliphatic heterocycles. The molecule has 0 bridgehead atoms. The van der Waals surface area contributed by atoms with Crippen LogP contribution in [0, 0.1) is 5.92 Å². The Morgan fingerprint density at radius 1 is 1.67 bits per heavy atom. The molecule has 0 radical (unpaired) electrons. The molecule has 0 saturated carbocycles. The predicted octanol–water partition coefficient (Wildman–Crippen LogP) is 1.04. The van der Waals surface area contributed by atoms with Crippen molar-refractivity contribution in [2.75, 3.05) is 6.61 Å². The zero-order chi connectivity index (χ0) is 6.57. The smallest absolute Gasteiger partial charge is 0.316 e. The molecule has 1 atom stereocenters. The molecule has 9 heavy (non-hydrogen) atoms. The Kier molecular flexibility index (Phi) is 9.53. The Morgan fingerprint density at radius 3 is 2.22 bits per heavy atom. The zero-order valence-electron chi connectivity index (χ0n) is 5.76. The van der Waals surface area contributed by atoms with Gasteiger partial charge in [0.1, 0.15) is 0 Å². The molecule has 0 aromatic rings. The zero-order valence-corrected chi connectivity index (χ0v) is 9.72. The molecule has 0 aromatic heterocycles.